The molecule has 36 heavy (non-hydrogen) atoms. The second-order valence-electron chi connectivity index (χ2n) is 10.8. The molecule has 0 bridgehead atoms. The molecule has 0 radical (unpaired) electrons. The van der Waals surface area contributed by atoms with Crippen LogP contribution in [0.5, 0.6) is 0 Å². The van der Waals surface area contributed by atoms with Crippen molar-refractivity contribution in [3.05, 3.63) is 0 Å². The molecule has 0 amide bonds. The maximum atomic E-state index is 12.5. The summed E-state index contributed by atoms with van der Waals surface area (Å²) in [5.74, 6) is -1.90. The monoisotopic (exact) mass is 515 g/mol. The molecule has 1 saturated heterocycles. The molecule has 0 aliphatic carbocycles. The number of rotatable bonds is 15. The van der Waals surface area contributed by atoms with Crippen LogP contribution in [-0.2, 0) is 42.9 Å². The van der Waals surface area contributed by atoms with Gasteiger partial charge in [0.15, 0.2) is 6.10 Å². The van der Waals surface area contributed by atoms with Crippen molar-refractivity contribution >= 4 is 23.9 Å². The molecule has 0 aromatic carbocycles. The lowest BCUT2D eigenvalue weighted by Gasteiger charge is -2.24. The van der Waals surface area contributed by atoms with Crippen LogP contribution in [0.2, 0.25) is 0 Å². The largest absolute Gasteiger partial charge is 0.463 e. The molecule has 10 heteroatoms. The maximum Gasteiger partial charge on any atom is 0.308 e. The first kappa shape index (κ1) is 31.8. The van der Waals surface area contributed by atoms with E-state index in [0.717, 1.165) is 6.54 Å². The van der Waals surface area contributed by atoms with Crippen LogP contribution in [0.1, 0.15) is 73.6 Å². The van der Waals surface area contributed by atoms with Crippen LogP contribution in [0.25, 0.3) is 0 Å². The van der Waals surface area contributed by atoms with Crippen molar-refractivity contribution in [3.63, 3.8) is 0 Å². The van der Waals surface area contributed by atoms with Gasteiger partial charge in [-0.1, -0.05) is 41.5 Å². The van der Waals surface area contributed by atoms with Crippen molar-refractivity contribution in [2.24, 2.45) is 17.8 Å². The van der Waals surface area contributed by atoms with E-state index >= 15 is 0 Å². The van der Waals surface area contributed by atoms with Gasteiger partial charge in [-0.25, -0.2) is 0 Å². The summed E-state index contributed by atoms with van der Waals surface area (Å²) in [5.41, 5.74) is 0. The second-order valence-corrected chi connectivity index (χ2v) is 10.8. The summed E-state index contributed by atoms with van der Waals surface area (Å²) < 4.78 is 28.0. The molecular formula is C26H45NO9. The van der Waals surface area contributed by atoms with Gasteiger partial charge in [-0.15, -0.1) is 0 Å². The second kappa shape index (κ2) is 15.8. The van der Waals surface area contributed by atoms with Gasteiger partial charge in [-0.2, -0.15) is 0 Å². The Labute approximate surface area is 215 Å². The first-order chi connectivity index (χ1) is 16.8. The molecule has 1 fully saturated rings. The predicted octanol–water partition coefficient (Wildman–Crippen LogP) is 3.10. The quantitative estimate of drug-likeness (QED) is 0.238. The van der Waals surface area contributed by atoms with E-state index in [1.807, 2.05) is 60.5 Å². The molecule has 1 aliphatic heterocycles. The van der Waals surface area contributed by atoms with Gasteiger partial charge in [-0.3, -0.25) is 19.2 Å². The lowest BCUT2D eigenvalue weighted by Crippen LogP contribution is -2.43. The molecule has 4 atom stereocenters. The first-order valence-corrected chi connectivity index (χ1v) is 12.8. The van der Waals surface area contributed by atoms with Crippen LogP contribution in [0.3, 0.4) is 0 Å². The van der Waals surface area contributed by atoms with Crippen LogP contribution < -0.4 is 0 Å². The third kappa shape index (κ3) is 12.7. The average Bonchev–Trinajstić information content (AvgIpc) is 3.00. The Morgan fingerprint density at radius 2 is 1.19 bits per heavy atom. The normalized spacial score (nSPS) is 21.8. The van der Waals surface area contributed by atoms with Crippen molar-refractivity contribution in [1.82, 2.24) is 4.90 Å². The molecule has 1 heterocycles. The fraction of sp³-hybridized carbons (Fsp3) is 0.846. The zero-order valence-electron chi connectivity index (χ0n) is 23.1. The summed E-state index contributed by atoms with van der Waals surface area (Å²) in [5, 5.41) is 0. The van der Waals surface area contributed by atoms with Crippen molar-refractivity contribution in [2.75, 3.05) is 27.2 Å². The number of carbonyl (C=O) groups excluding carboxylic acids is 4. The van der Waals surface area contributed by atoms with E-state index in [4.69, 9.17) is 23.7 Å². The highest BCUT2D eigenvalue weighted by atomic mass is 16.8. The van der Waals surface area contributed by atoms with Gasteiger partial charge < -0.3 is 28.6 Å². The van der Waals surface area contributed by atoms with Crippen LogP contribution in [0.15, 0.2) is 0 Å². The summed E-state index contributed by atoms with van der Waals surface area (Å²) in [6, 6.07) is 0. The van der Waals surface area contributed by atoms with E-state index in [1.165, 1.54) is 0 Å². The number of hydrogen-bond donors (Lipinski definition) is 0. The Balaban J connectivity index is 3.06. The summed E-state index contributed by atoms with van der Waals surface area (Å²) >= 11 is 0. The van der Waals surface area contributed by atoms with Gasteiger partial charge in [0.2, 0.25) is 12.4 Å². The third-order valence-electron chi connectivity index (χ3n) is 5.17. The minimum Gasteiger partial charge on any atom is -0.463 e. The van der Waals surface area contributed by atoms with Gasteiger partial charge in [0, 0.05) is 25.7 Å². The van der Waals surface area contributed by atoms with Crippen LogP contribution >= 0.6 is 0 Å². The number of ether oxygens (including phenoxy) is 5. The Bertz CT molecular complexity index is 720. The Morgan fingerprint density at radius 1 is 0.722 bits per heavy atom. The highest BCUT2D eigenvalue weighted by Crippen LogP contribution is 2.30. The zero-order valence-corrected chi connectivity index (χ0v) is 23.1. The van der Waals surface area contributed by atoms with Crippen molar-refractivity contribution in [3.8, 4) is 0 Å². The molecule has 0 saturated carbocycles. The maximum absolute atomic E-state index is 12.5. The van der Waals surface area contributed by atoms with Gasteiger partial charge in [0.25, 0.3) is 0 Å². The standard InChI is InChI=1S/C26H45NO9/c1-16(2)12-21(29)34-24-19(15-32-20(28)10-9-11-27(7)8)33-26(36-23(31)14-18(5)6)25(24)35-22(30)13-17(3)4/h16-19,24-26H,9-15H2,1-8H3/t19-,24-,25-,26+/m1/s1. The molecule has 0 unspecified atom stereocenters. The van der Waals surface area contributed by atoms with Crippen molar-refractivity contribution < 1.29 is 42.9 Å². The van der Waals surface area contributed by atoms with Crippen molar-refractivity contribution in [2.45, 2.75) is 98.2 Å². The molecule has 0 N–H and O–H groups in total. The number of esters is 4. The number of carbonyl (C=O) groups is 4. The molecule has 208 valence electrons. The molecule has 10 nitrogen and oxygen atoms in total. The number of hydrogen-bond acceptors (Lipinski definition) is 10. The summed E-state index contributed by atoms with van der Waals surface area (Å²) in [7, 11) is 3.82. The SMILES string of the molecule is CC(C)CC(=O)O[C@@H]1O[C@H](COC(=O)CCCN(C)C)[C@@H](OC(=O)CC(C)C)[C@H]1OC(=O)CC(C)C. The predicted molar refractivity (Wildman–Crippen MR) is 132 cm³/mol. The fourth-order valence-corrected chi connectivity index (χ4v) is 3.55. The van der Waals surface area contributed by atoms with E-state index < -0.39 is 48.5 Å². The molecule has 0 aromatic rings. The fourth-order valence-electron chi connectivity index (χ4n) is 3.55. The smallest absolute Gasteiger partial charge is 0.308 e. The van der Waals surface area contributed by atoms with Crippen LogP contribution in [-0.4, -0.2) is 80.6 Å². The highest BCUT2D eigenvalue weighted by molar-refractivity contribution is 5.72. The van der Waals surface area contributed by atoms with Crippen molar-refractivity contribution in [1.29, 1.82) is 0 Å². The van der Waals surface area contributed by atoms with E-state index in [1.54, 1.807) is 0 Å². The average molecular weight is 516 g/mol. The Kier molecular flexibility index (Phi) is 14.0. The molecule has 0 aromatic heterocycles. The highest BCUT2D eigenvalue weighted by Gasteiger charge is 2.52. The first-order valence-electron chi connectivity index (χ1n) is 12.8. The van der Waals surface area contributed by atoms with E-state index in [0.29, 0.717) is 6.42 Å². The van der Waals surface area contributed by atoms with Gasteiger partial charge in [0.05, 0.1) is 0 Å². The van der Waals surface area contributed by atoms with Crippen LogP contribution in [0.4, 0.5) is 0 Å². The van der Waals surface area contributed by atoms with E-state index in [2.05, 4.69) is 0 Å². The lowest BCUT2D eigenvalue weighted by molar-refractivity contribution is -0.200. The van der Waals surface area contributed by atoms with Gasteiger partial charge in [-0.05, 0) is 44.8 Å². The topological polar surface area (TPSA) is 118 Å². The zero-order chi connectivity index (χ0) is 27.4. The minimum absolute atomic E-state index is 0.0302. The summed E-state index contributed by atoms with van der Waals surface area (Å²) in [4.78, 5) is 51.7. The van der Waals surface area contributed by atoms with Gasteiger partial charge >= 0.3 is 23.9 Å². The van der Waals surface area contributed by atoms with E-state index in [-0.39, 0.29) is 50.0 Å². The lowest BCUT2D eigenvalue weighted by atomic mass is 10.1. The van der Waals surface area contributed by atoms with Crippen LogP contribution in [0, 0.1) is 17.8 Å². The molecular weight excluding hydrogens is 470 g/mol. The molecule has 1 rings (SSSR count). The Hall–Kier alpha value is -2.20. The third-order valence-corrected chi connectivity index (χ3v) is 5.17. The molecule has 0 spiro atoms. The summed E-state index contributed by atoms with van der Waals surface area (Å²) in [6.45, 7) is 11.7. The van der Waals surface area contributed by atoms with Gasteiger partial charge in [0.1, 0.15) is 12.7 Å². The molecule has 1 aliphatic rings. The van der Waals surface area contributed by atoms with E-state index in [9.17, 15) is 19.2 Å². The summed E-state index contributed by atoms with van der Waals surface area (Å²) in [6.07, 6.45) is -3.30. The number of nitrogens with zero attached hydrogens (tertiary/aromatic N) is 1. The minimum atomic E-state index is -1.29. The Morgan fingerprint density at radius 3 is 1.67 bits per heavy atom.